The smallest absolute Gasteiger partial charge is 0.416 e. The van der Waals surface area contributed by atoms with Gasteiger partial charge in [0.1, 0.15) is 0 Å². The molecule has 0 saturated carbocycles. The maximum absolute atomic E-state index is 14.1. The van der Waals surface area contributed by atoms with E-state index in [1.165, 1.54) is 18.2 Å². The number of nitrogens with zero attached hydrogens (tertiary/aromatic N) is 2. The fourth-order valence-corrected chi connectivity index (χ4v) is 4.92. The zero-order chi connectivity index (χ0) is 33.0. The van der Waals surface area contributed by atoms with Gasteiger partial charge in [-0.2, -0.15) is 13.2 Å². The number of esters is 2. The van der Waals surface area contributed by atoms with Crippen molar-refractivity contribution in [3.05, 3.63) is 70.1 Å². The van der Waals surface area contributed by atoms with Crippen molar-refractivity contribution >= 4 is 23.9 Å². The molecule has 44 heavy (non-hydrogen) atoms. The molecule has 242 valence electrons. The molecule has 1 aromatic rings. The van der Waals surface area contributed by atoms with Crippen molar-refractivity contribution in [3.63, 3.8) is 0 Å². The van der Waals surface area contributed by atoms with Gasteiger partial charge < -0.3 is 29.3 Å². The Morgan fingerprint density at radius 1 is 0.886 bits per heavy atom. The van der Waals surface area contributed by atoms with Gasteiger partial charge in [0.15, 0.2) is 0 Å². The van der Waals surface area contributed by atoms with Crippen LogP contribution in [0.1, 0.15) is 44.7 Å². The molecule has 0 atom stereocenters. The second kappa shape index (κ2) is 16.6. The third-order valence-electron chi connectivity index (χ3n) is 6.85. The molecule has 0 aliphatic carbocycles. The van der Waals surface area contributed by atoms with Gasteiger partial charge in [0.2, 0.25) is 0 Å². The molecule has 0 spiro atoms. The highest BCUT2D eigenvalue weighted by molar-refractivity contribution is 6.00. The number of carbonyl (C=O) groups excluding carboxylic acids is 2. The van der Waals surface area contributed by atoms with Crippen LogP contribution in [-0.2, 0) is 39.6 Å². The first kappa shape index (κ1) is 36.0. The van der Waals surface area contributed by atoms with Gasteiger partial charge in [-0.15, -0.1) is 0 Å². The van der Waals surface area contributed by atoms with Gasteiger partial charge in [-0.25, -0.2) is 19.2 Å². The number of halogens is 3. The molecule has 1 saturated heterocycles. The van der Waals surface area contributed by atoms with Gasteiger partial charge >= 0.3 is 30.1 Å². The van der Waals surface area contributed by atoms with Gasteiger partial charge in [-0.05, 0) is 39.3 Å². The van der Waals surface area contributed by atoms with Crippen LogP contribution in [0.5, 0.6) is 0 Å². The van der Waals surface area contributed by atoms with Crippen molar-refractivity contribution in [3.8, 4) is 0 Å². The third kappa shape index (κ3) is 9.67. The Kier molecular flexibility index (Phi) is 13.6. The molecule has 1 aromatic carbocycles. The fraction of sp³-hybridized carbons (Fsp3) is 0.467. The summed E-state index contributed by atoms with van der Waals surface area (Å²) in [7, 11) is 0. The van der Waals surface area contributed by atoms with E-state index in [0.717, 1.165) is 19.2 Å². The minimum Gasteiger partial charge on any atom is -0.478 e. The lowest BCUT2D eigenvalue weighted by atomic mass is 9.78. The molecule has 0 amide bonds. The van der Waals surface area contributed by atoms with Gasteiger partial charge in [0.25, 0.3) is 0 Å². The number of rotatable bonds is 10. The number of carboxylic acid groups (broad SMARTS) is 2. The first-order valence-corrected chi connectivity index (χ1v) is 13.9. The highest BCUT2D eigenvalue weighted by Crippen LogP contribution is 2.46. The lowest BCUT2D eigenvalue weighted by Gasteiger charge is -2.39. The number of carbonyl (C=O) groups is 4. The van der Waals surface area contributed by atoms with Crippen molar-refractivity contribution < 1.29 is 56.8 Å². The summed E-state index contributed by atoms with van der Waals surface area (Å²) in [4.78, 5) is 49.6. The summed E-state index contributed by atoms with van der Waals surface area (Å²) in [6, 6.07) is 5.00. The topological polar surface area (TPSA) is 143 Å². The van der Waals surface area contributed by atoms with E-state index in [2.05, 4.69) is 4.90 Å². The van der Waals surface area contributed by atoms with Crippen LogP contribution < -0.4 is 0 Å². The Morgan fingerprint density at radius 3 is 1.80 bits per heavy atom. The summed E-state index contributed by atoms with van der Waals surface area (Å²) in [5.41, 5.74) is -0.194. The maximum atomic E-state index is 14.1. The van der Waals surface area contributed by atoms with Crippen molar-refractivity contribution in [2.24, 2.45) is 0 Å². The van der Waals surface area contributed by atoms with E-state index >= 15 is 0 Å². The van der Waals surface area contributed by atoms with Crippen LogP contribution in [0.4, 0.5) is 13.2 Å². The summed E-state index contributed by atoms with van der Waals surface area (Å²) in [6.07, 6.45) is -3.57. The summed E-state index contributed by atoms with van der Waals surface area (Å²) in [5.74, 6) is -5.33. The van der Waals surface area contributed by atoms with Crippen LogP contribution in [0.3, 0.4) is 0 Å². The molecule has 1 fully saturated rings. The predicted octanol–water partition coefficient (Wildman–Crippen LogP) is 3.82. The van der Waals surface area contributed by atoms with Crippen LogP contribution in [0, 0.1) is 0 Å². The van der Waals surface area contributed by atoms with Crippen molar-refractivity contribution in [1.82, 2.24) is 9.80 Å². The Bertz CT molecular complexity index is 1240. The molecule has 0 aromatic heterocycles. The first-order chi connectivity index (χ1) is 20.7. The van der Waals surface area contributed by atoms with E-state index in [-0.39, 0.29) is 29.9 Å². The number of aliphatic carboxylic acids is 2. The van der Waals surface area contributed by atoms with E-state index < -0.39 is 41.5 Å². The SMILES string of the molecule is CCOC(=O)C1=C(C)N(CCN2CCOCC2)C(C)=C(C(=O)OCC)C1c1ccccc1C(F)(F)F.O=C(O)C=CC(=O)O. The number of allylic oxidation sites excluding steroid dienone is 2. The van der Waals surface area contributed by atoms with Crippen LogP contribution in [0.2, 0.25) is 0 Å². The van der Waals surface area contributed by atoms with Gasteiger partial charge in [-0.1, -0.05) is 18.2 Å². The van der Waals surface area contributed by atoms with Crippen molar-refractivity contribution in [1.29, 1.82) is 0 Å². The monoisotopic (exact) mass is 626 g/mol. The minimum absolute atomic E-state index is 0.00387. The number of hydrogen-bond acceptors (Lipinski definition) is 9. The Labute approximate surface area is 253 Å². The normalized spacial score (nSPS) is 16.5. The van der Waals surface area contributed by atoms with E-state index in [1.807, 2.05) is 0 Å². The highest BCUT2D eigenvalue weighted by atomic mass is 19.4. The fourth-order valence-electron chi connectivity index (χ4n) is 4.92. The quantitative estimate of drug-likeness (QED) is 0.289. The molecule has 3 rings (SSSR count). The lowest BCUT2D eigenvalue weighted by Crippen LogP contribution is -2.43. The summed E-state index contributed by atoms with van der Waals surface area (Å²) in [5, 5.41) is 15.6. The average molecular weight is 627 g/mol. The number of ether oxygens (including phenoxy) is 3. The van der Waals surface area contributed by atoms with Crippen molar-refractivity contribution in [2.45, 2.75) is 39.8 Å². The molecule has 14 heteroatoms. The number of alkyl halides is 3. The number of carboxylic acids is 2. The number of hydrogen-bond donors (Lipinski definition) is 2. The third-order valence-corrected chi connectivity index (χ3v) is 6.85. The zero-order valence-electron chi connectivity index (χ0n) is 25.0. The predicted molar refractivity (Wildman–Crippen MR) is 151 cm³/mol. The minimum atomic E-state index is -4.69. The molecule has 11 nitrogen and oxygen atoms in total. The van der Waals surface area contributed by atoms with Gasteiger partial charge in [0.05, 0.1) is 49.1 Å². The highest BCUT2D eigenvalue weighted by Gasteiger charge is 2.44. The molecular weight excluding hydrogens is 589 g/mol. The van der Waals surface area contributed by atoms with E-state index in [4.69, 9.17) is 24.4 Å². The van der Waals surface area contributed by atoms with Crippen LogP contribution in [-0.4, -0.2) is 96.5 Å². The maximum Gasteiger partial charge on any atom is 0.416 e. The van der Waals surface area contributed by atoms with Crippen LogP contribution >= 0.6 is 0 Å². The molecule has 2 aliphatic heterocycles. The zero-order valence-corrected chi connectivity index (χ0v) is 25.0. The van der Waals surface area contributed by atoms with Gasteiger partial charge in [-0.3, -0.25) is 4.90 Å². The van der Waals surface area contributed by atoms with E-state index in [9.17, 15) is 32.3 Å². The van der Waals surface area contributed by atoms with Crippen molar-refractivity contribution in [2.75, 3.05) is 52.6 Å². The molecule has 2 aliphatic rings. The average Bonchev–Trinajstić information content (AvgIpc) is 2.96. The summed E-state index contributed by atoms with van der Waals surface area (Å²) >= 11 is 0. The lowest BCUT2D eigenvalue weighted by molar-refractivity contribution is -0.142. The molecular formula is C30H37F3N2O9. The Balaban J connectivity index is 0.000000742. The molecule has 0 unspecified atom stereocenters. The second-order valence-electron chi connectivity index (χ2n) is 9.57. The van der Waals surface area contributed by atoms with Crippen LogP contribution in [0.25, 0.3) is 0 Å². The standard InChI is InChI=1S/C26H33F3N2O5.C4H4O4/c1-5-35-24(32)21-17(3)31(12-11-30-13-15-34-16-14-30)18(4)22(25(33)36-6-2)23(21)19-9-7-8-10-20(19)26(27,28)29;5-3(6)1-2-4(7)8/h7-10,23H,5-6,11-16H2,1-4H3;1-2H,(H,5,6)(H,7,8). The Morgan fingerprint density at radius 2 is 1.36 bits per heavy atom. The largest absolute Gasteiger partial charge is 0.478 e. The molecule has 0 radical (unpaired) electrons. The number of morpholine rings is 1. The summed E-state index contributed by atoms with van der Waals surface area (Å²) in [6.45, 7) is 10.4. The van der Waals surface area contributed by atoms with Gasteiger partial charge in [0, 0.05) is 49.7 Å². The summed E-state index contributed by atoms with van der Waals surface area (Å²) < 4.78 is 58.2. The molecule has 2 N–H and O–H groups in total. The molecule has 0 bridgehead atoms. The first-order valence-electron chi connectivity index (χ1n) is 13.9. The van der Waals surface area contributed by atoms with E-state index in [0.29, 0.717) is 49.8 Å². The Hall–Kier alpha value is -4.17. The molecule has 2 heterocycles. The number of benzene rings is 1. The second-order valence-corrected chi connectivity index (χ2v) is 9.57. The van der Waals surface area contributed by atoms with Crippen LogP contribution in [0.15, 0.2) is 59.0 Å². The van der Waals surface area contributed by atoms with E-state index in [1.54, 1.807) is 32.6 Å².